The van der Waals surface area contributed by atoms with E-state index in [4.69, 9.17) is 0 Å². The van der Waals surface area contributed by atoms with Crippen molar-refractivity contribution in [3.8, 4) is 0 Å². The summed E-state index contributed by atoms with van der Waals surface area (Å²) < 4.78 is 26.1. The molecule has 0 aliphatic heterocycles. The summed E-state index contributed by atoms with van der Waals surface area (Å²) in [6.45, 7) is 9.51. The van der Waals surface area contributed by atoms with Gasteiger partial charge in [-0.3, -0.25) is 4.79 Å². The Hall–Kier alpha value is -1.66. The van der Waals surface area contributed by atoms with Gasteiger partial charge in [-0.25, -0.2) is 8.42 Å². The number of hydrogen-bond acceptors (Lipinski definition) is 3. The van der Waals surface area contributed by atoms with Crippen LogP contribution in [-0.2, 0) is 14.8 Å². The van der Waals surface area contributed by atoms with Gasteiger partial charge in [-0.2, -0.15) is 4.31 Å². The molecule has 0 aromatic heterocycles. The molecule has 1 aromatic rings. The van der Waals surface area contributed by atoms with E-state index in [0.29, 0.717) is 24.4 Å². The molecule has 0 spiro atoms. The second-order valence-corrected chi connectivity index (χ2v) is 6.29. The molecule has 0 atom stereocenters. The van der Waals surface area contributed by atoms with E-state index >= 15 is 0 Å². The Labute approximate surface area is 120 Å². The summed E-state index contributed by atoms with van der Waals surface area (Å²) in [5.74, 6) is -0.331. The zero-order valence-corrected chi connectivity index (χ0v) is 12.8. The second kappa shape index (κ2) is 6.67. The summed E-state index contributed by atoms with van der Waals surface area (Å²) >= 11 is 0. The Balaban J connectivity index is 3.10. The molecule has 0 unspecified atom stereocenters. The predicted molar refractivity (Wildman–Crippen MR) is 80.0 cm³/mol. The molecule has 0 radical (unpaired) electrons. The third kappa shape index (κ3) is 3.68. The maximum atomic E-state index is 12.4. The van der Waals surface area contributed by atoms with Crippen LogP contribution in [0, 0.1) is 0 Å². The number of anilines is 1. The smallest absolute Gasteiger partial charge is 0.250 e. The topological polar surface area (TPSA) is 66.5 Å². The largest absolute Gasteiger partial charge is 0.322 e. The number of benzene rings is 1. The molecule has 110 valence electrons. The highest BCUT2D eigenvalue weighted by Gasteiger charge is 2.21. The van der Waals surface area contributed by atoms with E-state index in [9.17, 15) is 13.2 Å². The molecule has 1 amide bonds. The predicted octanol–water partition coefficient (Wildman–Crippen LogP) is 2.23. The van der Waals surface area contributed by atoms with E-state index in [1.165, 1.54) is 16.4 Å². The molecule has 0 heterocycles. The van der Waals surface area contributed by atoms with Crippen molar-refractivity contribution in [2.45, 2.75) is 25.7 Å². The minimum absolute atomic E-state index is 0.167. The lowest BCUT2D eigenvalue weighted by Crippen LogP contribution is -2.30. The third-order valence-electron chi connectivity index (χ3n) is 2.82. The van der Waals surface area contributed by atoms with Gasteiger partial charge in [0, 0.05) is 24.4 Å². The molecule has 0 bridgehead atoms. The Bertz CT molecular complexity index is 605. The minimum Gasteiger partial charge on any atom is -0.322 e. The van der Waals surface area contributed by atoms with Crippen molar-refractivity contribution in [3.63, 3.8) is 0 Å². The quantitative estimate of drug-likeness (QED) is 0.819. The van der Waals surface area contributed by atoms with Gasteiger partial charge < -0.3 is 5.32 Å². The van der Waals surface area contributed by atoms with Crippen LogP contribution in [-0.4, -0.2) is 31.7 Å². The second-order valence-electron chi connectivity index (χ2n) is 4.35. The molecule has 5 nitrogen and oxygen atoms in total. The molecule has 20 heavy (non-hydrogen) atoms. The van der Waals surface area contributed by atoms with Crippen molar-refractivity contribution in [1.82, 2.24) is 4.31 Å². The van der Waals surface area contributed by atoms with Gasteiger partial charge in [0.25, 0.3) is 5.91 Å². The highest BCUT2D eigenvalue weighted by atomic mass is 32.2. The first-order chi connectivity index (χ1) is 9.32. The lowest BCUT2D eigenvalue weighted by atomic mass is 10.3. The molecular weight excluding hydrogens is 276 g/mol. The Morgan fingerprint density at radius 2 is 1.90 bits per heavy atom. The first-order valence-corrected chi connectivity index (χ1v) is 7.84. The van der Waals surface area contributed by atoms with Crippen molar-refractivity contribution in [2.24, 2.45) is 0 Å². The van der Waals surface area contributed by atoms with Crippen LogP contribution in [0.2, 0.25) is 0 Å². The molecule has 6 heteroatoms. The third-order valence-corrected chi connectivity index (χ3v) is 4.87. The van der Waals surface area contributed by atoms with Crippen molar-refractivity contribution in [1.29, 1.82) is 0 Å². The molecule has 0 fully saturated rings. The minimum atomic E-state index is -3.52. The molecule has 0 aliphatic carbocycles. The molecule has 1 aromatic carbocycles. The number of nitrogens with one attached hydrogen (secondary N) is 1. The fourth-order valence-electron chi connectivity index (χ4n) is 1.68. The molecule has 1 N–H and O–H groups in total. The van der Waals surface area contributed by atoms with Gasteiger partial charge in [-0.1, -0.05) is 26.5 Å². The normalized spacial score (nSPS) is 11.4. The van der Waals surface area contributed by atoms with Gasteiger partial charge in [0.15, 0.2) is 0 Å². The first kappa shape index (κ1) is 16.4. The van der Waals surface area contributed by atoms with Crippen molar-refractivity contribution in [2.75, 3.05) is 18.4 Å². The van der Waals surface area contributed by atoms with Crippen LogP contribution in [0.4, 0.5) is 5.69 Å². The Morgan fingerprint density at radius 1 is 1.30 bits per heavy atom. The molecule has 1 rings (SSSR count). The van der Waals surface area contributed by atoms with Crippen LogP contribution < -0.4 is 5.32 Å². The molecular formula is C14H20N2O3S. The summed E-state index contributed by atoms with van der Waals surface area (Å²) in [7, 11) is -3.52. The van der Waals surface area contributed by atoms with Gasteiger partial charge in [-0.15, -0.1) is 0 Å². The van der Waals surface area contributed by atoms with Crippen LogP contribution in [0.3, 0.4) is 0 Å². The summed E-state index contributed by atoms with van der Waals surface area (Å²) in [6.07, 6.45) is 0. The first-order valence-electron chi connectivity index (χ1n) is 6.40. The number of sulfonamides is 1. The zero-order valence-electron chi connectivity index (χ0n) is 12.0. The number of carbonyl (C=O) groups excluding carboxylic acids is 1. The maximum Gasteiger partial charge on any atom is 0.250 e. The summed E-state index contributed by atoms with van der Waals surface area (Å²) in [5.41, 5.74) is 0.799. The number of amides is 1. The monoisotopic (exact) mass is 296 g/mol. The van der Waals surface area contributed by atoms with E-state index in [0.717, 1.165) is 0 Å². The van der Waals surface area contributed by atoms with Gasteiger partial charge in [0.05, 0.1) is 4.90 Å². The van der Waals surface area contributed by atoms with Crippen LogP contribution in [0.25, 0.3) is 0 Å². The van der Waals surface area contributed by atoms with E-state index in [2.05, 4.69) is 11.9 Å². The highest BCUT2D eigenvalue weighted by molar-refractivity contribution is 7.89. The van der Waals surface area contributed by atoms with Crippen molar-refractivity contribution in [3.05, 3.63) is 36.4 Å². The standard InChI is InChI=1S/C14H20N2O3S/c1-5-16(6-2)20(18,19)13-9-7-8-12(10-13)15-14(17)11(3)4/h7-10H,3,5-6H2,1-2,4H3,(H,15,17). The average Bonchev–Trinajstić information content (AvgIpc) is 2.40. The molecule has 0 aliphatic rings. The van der Waals surface area contributed by atoms with Crippen LogP contribution >= 0.6 is 0 Å². The van der Waals surface area contributed by atoms with Crippen LogP contribution in [0.5, 0.6) is 0 Å². The lowest BCUT2D eigenvalue weighted by Gasteiger charge is -2.18. The fourth-order valence-corrected chi connectivity index (χ4v) is 3.19. The number of rotatable bonds is 6. The lowest BCUT2D eigenvalue weighted by molar-refractivity contribution is -0.112. The van der Waals surface area contributed by atoms with E-state index in [1.807, 2.05) is 0 Å². The van der Waals surface area contributed by atoms with Crippen molar-refractivity contribution >= 4 is 21.6 Å². The van der Waals surface area contributed by atoms with Crippen molar-refractivity contribution < 1.29 is 13.2 Å². The van der Waals surface area contributed by atoms with Gasteiger partial charge in [0.2, 0.25) is 10.0 Å². The summed E-state index contributed by atoms with van der Waals surface area (Å²) in [5, 5.41) is 2.61. The Morgan fingerprint density at radius 3 is 2.40 bits per heavy atom. The SMILES string of the molecule is C=C(C)C(=O)Nc1cccc(S(=O)(=O)N(CC)CC)c1. The van der Waals surface area contributed by atoms with Crippen LogP contribution in [0.1, 0.15) is 20.8 Å². The molecule has 0 saturated heterocycles. The van der Waals surface area contributed by atoms with Gasteiger partial charge >= 0.3 is 0 Å². The van der Waals surface area contributed by atoms with Gasteiger partial charge in [0.1, 0.15) is 0 Å². The molecule has 0 saturated carbocycles. The number of nitrogens with zero attached hydrogens (tertiary/aromatic N) is 1. The Kier molecular flexibility index (Phi) is 5.47. The maximum absolute atomic E-state index is 12.4. The summed E-state index contributed by atoms with van der Waals surface area (Å²) in [4.78, 5) is 11.7. The van der Waals surface area contributed by atoms with Gasteiger partial charge in [-0.05, 0) is 25.1 Å². The van der Waals surface area contributed by atoms with E-state index in [1.54, 1.807) is 32.9 Å². The highest BCUT2D eigenvalue weighted by Crippen LogP contribution is 2.19. The zero-order chi connectivity index (χ0) is 15.3. The fraction of sp³-hybridized carbons (Fsp3) is 0.357. The van der Waals surface area contributed by atoms with E-state index in [-0.39, 0.29) is 10.8 Å². The summed E-state index contributed by atoms with van der Waals surface area (Å²) in [6, 6.07) is 6.21. The van der Waals surface area contributed by atoms with Crippen LogP contribution in [0.15, 0.2) is 41.3 Å². The number of carbonyl (C=O) groups is 1. The van der Waals surface area contributed by atoms with E-state index < -0.39 is 10.0 Å². The average molecular weight is 296 g/mol. The number of hydrogen-bond donors (Lipinski definition) is 1.